The summed E-state index contributed by atoms with van der Waals surface area (Å²) in [4.78, 5) is 28.3. The number of nitrogens with one attached hydrogen (secondary N) is 1. The molecule has 1 unspecified atom stereocenters. The molecular weight excluding hydrogens is 537 g/mol. The van der Waals surface area contributed by atoms with Gasteiger partial charge in [-0.3, -0.25) is 14.6 Å². The fourth-order valence-electron chi connectivity index (χ4n) is 6.38. The van der Waals surface area contributed by atoms with Crippen LogP contribution >= 0.6 is 11.3 Å². The van der Waals surface area contributed by atoms with Crippen LogP contribution in [0.15, 0.2) is 60.8 Å². The summed E-state index contributed by atoms with van der Waals surface area (Å²) in [7, 11) is 0. The number of rotatable bonds is 7. The van der Waals surface area contributed by atoms with E-state index in [1.165, 1.54) is 24.2 Å². The predicted octanol–water partition coefficient (Wildman–Crippen LogP) is 6.02. The lowest BCUT2D eigenvalue weighted by atomic mass is 9.86. The average Bonchev–Trinajstić information content (AvgIpc) is 3.56. The van der Waals surface area contributed by atoms with Gasteiger partial charge in [-0.15, -0.1) is 0 Å². The summed E-state index contributed by atoms with van der Waals surface area (Å²) in [6.07, 6.45) is 4.96. The maximum atomic E-state index is 14.3. The minimum Gasteiger partial charge on any atom is -0.489 e. The SMILES string of the molecule is C[C@@]1(F)CCN(Cc2cnc3sc(-c4ccccc4NC(=O)c4cccc(OC5CN6CCC5CC6)c4)nc3c2)C1. The highest BCUT2D eigenvalue weighted by Gasteiger charge is 2.36. The van der Waals surface area contributed by atoms with E-state index in [1.54, 1.807) is 6.92 Å². The molecule has 7 nitrogen and oxygen atoms in total. The zero-order chi connectivity index (χ0) is 28.0. The van der Waals surface area contributed by atoms with E-state index >= 15 is 0 Å². The zero-order valence-corrected chi connectivity index (χ0v) is 24.0. The van der Waals surface area contributed by atoms with E-state index in [-0.39, 0.29) is 12.0 Å². The molecule has 6 heterocycles. The lowest BCUT2D eigenvalue weighted by molar-refractivity contribution is -0.00778. The number of carbonyl (C=O) groups is 1. The number of alkyl halides is 1. The van der Waals surface area contributed by atoms with Crippen LogP contribution in [0, 0.1) is 5.92 Å². The Hall–Kier alpha value is -3.40. The molecule has 2 aromatic heterocycles. The van der Waals surface area contributed by atoms with E-state index in [4.69, 9.17) is 9.72 Å². The number of carbonyl (C=O) groups excluding carboxylic acids is 1. The van der Waals surface area contributed by atoms with Crippen LogP contribution < -0.4 is 10.1 Å². The molecule has 41 heavy (non-hydrogen) atoms. The molecule has 2 atom stereocenters. The lowest BCUT2D eigenvalue weighted by Gasteiger charge is -2.44. The van der Waals surface area contributed by atoms with E-state index in [1.807, 2.05) is 60.8 Å². The first-order chi connectivity index (χ1) is 19.9. The lowest BCUT2D eigenvalue weighted by Crippen LogP contribution is -2.52. The monoisotopic (exact) mass is 571 g/mol. The van der Waals surface area contributed by atoms with Gasteiger partial charge in [0.15, 0.2) is 0 Å². The third-order valence-corrected chi connectivity index (χ3v) is 9.61. The quantitative estimate of drug-likeness (QED) is 0.293. The molecule has 0 spiro atoms. The molecule has 2 bridgehead atoms. The van der Waals surface area contributed by atoms with Crippen LogP contribution in [0.4, 0.5) is 10.1 Å². The maximum Gasteiger partial charge on any atom is 0.255 e. The van der Waals surface area contributed by atoms with Crippen molar-refractivity contribution in [2.24, 2.45) is 5.92 Å². The van der Waals surface area contributed by atoms with Crippen molar-refractivity contribution >= 4 is 33.3 Å². The minimum absolute atomic E-state index is 0.184. The van der Waals surface area contributed by atoms with E-state index in [9.17, 15) is 9.18 Å². The van der Waals surface area contributed by atoms with Gasteiger partial charge >= 0.3 is 0 Å². The van der Waals surface area contributed by atoms with Gasteiger partial charge in [0.25, 0.3) is 5.91 Å². The molecule has 4 aromatic rings. The van der Waals surface area contributed by atoms with Crippen molar-refractivity contribution in [3.63, 3.8) is 0 Å². The largest absolute Gasteiger partial charge is 0.489 e. The minimum atomic E-state index is -1.12. The molecule has 0 radical (unpaired) electrons. The van der Waals surface area contributed by atoms with E-state index < -0.39 is 5.67 Å². The normalized spacial score (nSPS) is 26.0. The summed E-state index contributed by atoms with van der Waals surface area (Å²) in [6.45, 7) is 6.80. The van der Waals surface area contributed by atoms with Gasteiger partial charge in [0.05, 0.1) is 5.69 Å². The number of fused-ring (bicyclic) bond motifs is 4. The molecule has 4 saturated heterocycles. The number of likely N-dealkylation sites (tertiary alicyclic amines) is 1. The number of hydrogen-bond donors (Lipinski definition) is 1. The smallest absolute Gasteiger partial charge is 0.255 e. The molecule has 4 aliphatic heterocycles. The Morgan fingerprint density at radius 2 is 2.00 bits per heavy atom. The van der Waals surface area contributed by atoms with Crippen LogP contribution in [0.2, 0.25) is 0 Å². The van der Waals surface area contributed by atoms with E-state index in [0.717, 1.165) is 58.4 Å². The number of aromatic nitrogens is 2. The van der Waals surface area contributed by atoms with Crippen molar-refractivity contribution in [2.45, 2.75) is 44.5 Å². The van der Waals surface area contributed by atoms with Crippen LogP contribution in [0.5, 0.6) is 5.75 Å². The molecule has 212 valence electrons. The number of ether oxygens (including phenoxy) is 1. The summed E-state index contributed by atoms with van der Waals surface area (Å²) in [5.41, 5.74) is 2.80. The van der Waals surface area contributed by atoms with Gasteiger partial charge < -0.3 is 10.1 Å². The summed E-state index contributed by atoms with van der Waals surface area (Å²) >= 11 is 1.50. The summed E-state index contributed by atoms with van der Waals surface area (Å²) in [6, 6.07) is 17.2. The number of benzene rings is 2. The molecule has 9 heteroatoms. The van der Waals surface area contributed by atoms with E-state index in [2.05, 4.69) is 20.1 Å². The van der Waals surface area contributed by atoms with E-state index in [0.29, 0.717) is 36.7 Å². The number of para-hydroxylation sites is 1. The van der Waals surface area contributed by atoms with Gasteiger partial charge in [0, 0.05) is 43.5 Å². The van der Waals surface area contributed by atoms with Crippen LogP contribution in [-0.2, 0) is 6.54 Å². The summed E-state index contributed by atoms with van der Waals surface area (Å²) in [5.74, 6) is 1.14. The first-order valence-corrected chi connectivity index (χ1v) is 15.3. The van der Waals surface area contributed by atoms with Crippen molar-refractivity contribution in [1.29, 1.82) is 0 Å². The van der Waals surface area contributed by atoms with Crippen molar-refractivity contribution in [3.8, 4) is 16.3 Å². The fraction of sp³-hybridized carbons (Fsp3) is 0.406. The second-order valence-corrected chi connectivity index (χ2v) is 12.9. The van der Waals surface area contributed by atoms with Gasteiger partial charge in [-0.2, -0.15) is 0 Å². The molecule has 0 aliphatic carbocycles. The van der Waals surface area contributed by atoms with Gasteiger partial charge in [-0.05, 0) is 87.2 Å². The van der Waals surface area contributed by atoms with Crippen molar-refractivity contribution < 1.29 is 13.9 Å². The van der Waals surface area contributed by atoms with Gasteiger partial charge in [-0.25, -0.2) is 14.4 Å². The van der Waals surface area contributed by atoms with Crippen LogP contribution in [0.1, 0.15) is 42.1 Å². The molecule has 1 amide bonds. The van der Waals surface area contributed by atoms with Crippen molar-refractivity contribution in [1.82, 2.24) is 19.8 Å². The average molecular weight is 572 g/mol. The number of nitrogens with zero attached hydrogens (tertiary/aromatic N) is 4. The van der Waals surface area contributed by atoms with Gasteiger partial charge in [-0.1, -0.05) is 29.5 Å². The Kier molecular flexibility index (Phi) is 6.97. The number of pyridine rings is 1. The number of hydrogen-bond acceptors (Lipinski definition) is 7. The number of thiazole rings is 1. The standard InChI is InChI=1S/C32H34FN5O2S/c1-32(33)11-14-38(20-32)18-21-15-27-31(34-17-21)41-30(36-27)25-7-2-3-8-26(25)35-29(39)23-5-4-6-24(16-23)40-28-19-37-12-9-22(28)10-13-37/h2-8,15-17,22,28H,9-14,18-20H2,1H3,(H,35,39)/t28?,32-/m1/s1. The molecule has 4 fully saturated rings. The Balaban J connectivity index is 1.07. The van der Waals surface area contributed by atoms with Crippen molar-refractivity contribution in [2.75, 3.05) is 38.0 Å². The topological polar surface area (TPSA) is 70.6 Å². The number of halogens is 1. The fourth-order valence-corrected chi connectivity index (χ4v) is 7.31. The second kappa shape index (κ2) is 10.8. The molecule has 2 aromatic carbocycles. The molecule has 4 aliphatic rings. The highest BCUT2D eigenvalue weighted by molar-refractivity contribution is 7.21. The molecule has 1 N–H and O–H groups in total. The molecule has 0 saturated carbocycles. The highest BCUT2D eigenvalue weighted by atomic mass is 32.1. The van der Waals surface area contributed by atoms with Crippen LogP contribution in [0.25, 0.3) is 20.9 Å². The second-order valence-electron chi connectivity index (χ2n) is 11.9. The molecule has 8 rings (SSSR count). The third kappa shape index (κ3) is 5.71. The third-order valence-electron chi connectivity index (χ3n) is 8.60. The van der Waals surface area contributed by atoms with Crippen LogP contribution in [0.3, 0.4) is 0 Å². The Morgan fingerprint density at radius 3 is 2.78 bits per heavy atom. The number of anilines is 1. The summed E-state index contributed by atoms with van der Waals surface area (Å²) < 4.78 is 20.6. The number of piperidine rings is 3. The first-order valence-electron chi connectivity index (χ1n) is 14.5. The highest BCUT2D eigenvalue weighted by Crippen LogP contribution is 2.35. The first kappa shape index (κ1) is 26.5. The Morgan fingerprint density at radius 1 is 1.15 bits per heavy atom. The maximum absolute atomic E-state index is 14.3. The number of amides is 1. The Bertz CT molecular complexity index is 1580. The Labute approximate surface area is 243 Å². The van der Waals surface area contributed by atoms with Crippen LogP contribution in [-0.4, -0.2) is 70.2 Å². The zero-order valence-electron chi connectivity index (χ0n) is 23.2. The van der Waals surface area contributed by atoms with Gasteiger partial charge in [0.2, 0.25) is 0 Å². The van der Waals surface area contributed by atoms with Gasteiger partial charge in [0.1, 0.15) is 32.9 Å². The molecular formula is C32H34FN5O2S. The predicted molar refractivity (Wildman–Crippen MR) is 160 cm³/mol. The summed E-state index contributed by atoms with van der Waals surface area (Å²) in [5, 5.41) is 3.89. The van der Waals surface area contributed by atoms with Crippen molar-refractivity contribution in [3.05, 3.63) is 71.9 Å².